The SMILES string of the molecule is Cc1c(C(=O)Nc2cccc(C(F)(F)F)c2)nnc2nc(C(F)(F)F)nn12. The van der Waals surface area contributed by atoms with Gasteiger partial charge in [0.05, 0.1) is 11.3 Å². The standard InChI is InChI=1S/C14H8F6N6O/c1-6-9(23-24-12-22-11(14(18,19)20)25-26(6)12)10(27)21-8-4-2-3-7(5-8)13(15,16)17/h2-5H,1H3,(H,21,27). The minimum atomic E-state index is -4.82. The normalized spacial score (nSPS) is 12.4. The van der Waals surface area contributed by atoms with Gasteiger partial charge in [0.15, 0.2) is 5.69 Å². The lowest BCUT2D eigenvalue weighted by Crippen LogP contribution is -2.19. The van der Waals surface area contributed by atoms with Crippen LogP contribution in [0.5, 0.6) is 0 Å². The van der Waals surface area contributed by atoms with E-state index in [0.717, 1.165) is 12.1 Å². The van der Waals surface area contributed by atoms with Gasteiger partial charge in [-0.1, -0.05) is 6.07 Å². The Morgan fingerprint density at radius 1 is 1.07 bits per heavy atom. The summed E-state index contributed by atoms with van der Waals surface area (Å²) in [6, 6.07) is 3.83. The minimum absolute atomic E-state index is 0.118. The lowest BCUT2D eigenvalue weighted by atomic mass is 10.2. The Bertz CT molecular complexity index is 1030. The maximum atomic E-state index is 12.7. The largest absolute Gasteiger partial charge is 0.453 e. The molecular formula is C14H8F6N6O. The first-order valence-electron chi connectivity index (χ1n) is 7.12. The molecule has 1 aromatic carbocycles. The Balaban J connectivity index is 1.93. The fourth-order valence-corrected chi connectivity index (χ4v) is 2.15. The van der Waals surface area contributed by atoms with E-state index in [1.54, 1.807) is 0 Å². The van der Waals surface area contributed by atoms with E-state index in [0.29, 0.717) is 10.6 Å². The van der Waals surface area contributed by atoms with E-state index in [1.807, 2.05) is 0 Å². The van der Waals surface area contributed by atoms with Crippen molar-refractivity contribution in [1.29, 1.82) is 0 Å². The first-order valence-corrected chi connectivity index (χ1v) is 7.12. The Labute approximate surface area is 146 Å². The molecule has 0 saturated carbocycles. The zero-order valence-corrected chi connectivity index (χ0v) is 13.2. The fourth-order valence-electron chi connectivity index (χ4n) is 2.15. The second kappa shape index (κ2) is 6.17. The van der Waals surface area contributed by atoms with Crippen molar-refractivity contribution in [3.05, 3.63) is 47.0 Å². The third kappa shape index (κ3) is 3.66. The molecule has 1 N–H and O–H groups in total. The number of hydrogen-bond donors (Lipinski definition) is 1. The summed E-state index contributed by atoms with van der Waals surface area (Å²) in [5, 5.41) is 12.3. The number of carbonyl (C=O) groups is 1. The summed E-state index contributed by atoms with van der Waals surface area (Å²) in [7, 11) is 0. The summed E-state index contributed by atoms with van der Waals surface area (Å²) in [6.07, 6.45) is -9.43. The summed E-state index contributed by atoms with van der Waals surface area (Å²) in [5.41, 5.74) is -1.69. The molecule has 0 fully saturated rings. The van der Waals surface area contributed by atoms with Crippen molar-refractivity contribution in [3.63, 3.8) is 0 Å². The molecule has 0 atom stereocenters. The van der Waals surface area contributed by atoms with Crippen molar-refractivity contribution in [2.24, 2.45) is 0 Å². The molecule has 3 rings (SSSR count). The summed E-state index contributed by atoms with van der Waals surface area (Å²) in [5.74, 6) is -2.91. The number of aromatic nitrogens is 5. The number of nitrogens with zero attached hydrogens (tertiary/aromatic N) is 5. The predicted molar refractivity (Wildman–Crippen MR) is 77.7 cm³/mol. The highest BCUT2D eigenvalue weighted by Gasteiger charge is 2.37. The lowest BCUT2D eigenvalue weighted by Gasteiger charge is -2.10. The lowest BCUT2D eigenvalue weighted by molar-refractivity contribution is -0.144. The van der Waals surface area contributed by atoms with Crippen molar-refractivity contribution in [2.75, 3.05) is 5.32 Å². The highest BCUT2D eigenvalue weighted by atomic mass is 19.4. The third-order valence-electron chi connectivity index (χ3n) is 3.41. The van der Waals surface area contributed by atoms with Crippen molar-refractivity contribution >= 4 is 17.4 Å². The van der Waals surface area contributed by atoms with Gasteiger partial charge in [-0.3, -0.25) is 4.79 Å². The van der Waals surface area contributed by atoms with Crippen LogP contribution in [0.25, 0.3) is 5.78 Å². The third-order valence-corrected chi connectivity index (χ3v) is 3.41. The van der Waals surface area contributed by atoms with Gasteiger partial charge in [0.1, 0.15) is 0 Å². The molecule has 0 radical (unpaired) electrons. The van der Waals surface area contributed by atoms with Gasteiger partial charge in [0.25, 0.3) is 17.5 Å². The molecule has 0 aliphatic heterocycles. The average molecular weight is 390 g/mol. The molecular weight excluding hydrogens is 382 g/mol. The highest BCUT2D eigenvalue weighted by molar-refractivity contribution is 6.03. The number of anilines is 1. The second-order valence-electron chi connectivity index (χ2n) is 5.31. The van der Waals surface area contributed by atoms with Gasteiger partial charge in [0.2, 0.25) is 0 Å². The van der Waals surface area contributed by atoms with Crippen molar-refractivity contribution in [2.45, 2.75) is 19.3 Å². The van der Waals surface area contributed by atoms with E-state index < -0.39 is 41.1 Å². The van der Waals surface area contributed by atoms with Crippen molar-refractivity contribution in [3.8, 4) is 0 Å². The Morgan fingerprint density at radius 2 is 1.78 bits per heavy atom. The van der Waals surface area contributed by atoms with Crippen LogP contribution in [0.2, 0.25) is 0 Å². The topological polar surface area (TPSA) is 85.1 Å². The fraction of sp³-hybridized carbons (Fsp3) is 0.214. The van der Waals surface area contributed by atoms with Gasteiger partial charge in [0, 0.05) is 5.69 Å². The van der Waals surface area contributed by atoms with Crippen LogP contribution in [-0.4, -0.2) is 30.7 Å². The van der Waals surface area contributed by atoms with Gasteiger partial charge in [-0.2, -0.15) is 35.8 Å². The number of rotatable bonds is 2. The number of nitrogens with one attached hydrogen (secondary N) is 1. The zero-order valence-electron chi connectivity index (χ0n) is 13.2. The van der Waals surface area contributed by atoms with E-state index in [2.05, 4.69) is 25.6 Å². The molecule has 27 heavy (non-hydrogen) atoms. The molecule has 0 bridgehead atoms. The van der Waals surface area contributed by atoms with Crippen LogP contribution in [0.3, 0.4) is 0 Å². The molecule has 7 nitrogen and oxygen atoms in total. The molecule has 0 aliphatic carbocycles. The number of hydrogen-bond acceptors (Lipinski definition) is 5. The van der Waals surface area contributed by atoms with Gasteiger partial charge in [-0.15, -0.1) is 15.3 Å². The van der Waals surface area contributed by atoms with Crippen LogP contribution in [0.1, 0.15) is 27.6 Å². The Kier molecular flexibility index (Phi) is 4.24. The van der Waals surface area contributed by atoms with Crippen LogP contribution in [0, 0.1) is 6.92 Å². The summed E-state index contributed by atoms with van der Waals surface area (Å²) in [4.78, 5) is 15.4. The first-order chi connectivity index (χ1) is 12.5. The number of carbonyl (C=O) groups excluding carboxylic acids is 1. The number of alkyl halides is 6. The summed E-state index contributed by atoms with van der Waals surface area (Å²) in [6.45, 7) is 1.25. The number of amides is 1. The maximum Gasteiger partial charge on any atom is 0.453 e. The van der Waals surface area contributed by atoms with Crippen LogP contribution < -0.4 is 5.32 Å². The zero-order chi connectivity index (χ0) is 20.0. The van der Waals surface area contributed by atoms with Crippen LogP contribution in [0.4, 0.5) is 32.0 Å². The van der Waals surface area contributed by atoms with Crippen molar-refractivity contribution < 1.29 is 31.1 Å². The molecule has 0 unspecified atom stereocenters. The molecule has 13 heteroatoms. The van der Waals surface area contributed by atoms with E-state index in [-0.39, 0.29) is 11.4 Å². The smallest absolute Gasteiger partial charge is 0.321 e. The number of aryl methyl sites for hydroxylation is 1. The molecule has 142 valence electrons. The van der Waals surface area contributed by atoms with E-state index in [1.165, 1.54) is 13.0 Å². The Morgan fingerprint density at radius 3 is 2.41 bits per heavy atom. The quantitative estimate of drug-likeness (QED) is 0.680. The first kappa shape index (κ1) is 18.5. The summed E-state index contributed by atoms with van der Waals surface area (Å²) >= 11 is 0. The van der Waals surface area contributed by atoms with Crippen molar-refractivity contribution in [1.82, 2.24) is 24.8 Å². The van der Waals surface area contributed by atoms with E-state index >= 15 is 0 Å². The monoisotopic (exact) mass is 390 g/mol. The predicted octanol–water partition coefficient (Wildman–Crippen LogP) is 3.12. The van der Waals surface area contributed by atoms with Crippen LogP contribution in [0.15, 0.2) is 24.3 Å². The van der Waals surface area contributed by atoms with E-state index in [4.69, 9.17) is 0 Å². The van der Waals surface area contributed by atoms with Gasteiger partial charge >= 0.3 is 12.4 Å². The number of halogens is 6. The van der Waals surface area contributed by atoms with E-state index in [9.17, 15) is 31.1 Å². The minimum Gasteiger partial charge on any atom is -0.321 e. The second-order valence-corrected chi connectivity index (χ2v) is 5.31. The average Bonchev–Trinajstić information content (AvgIpc) is 3.00. The van der Waals surface area contributed by atoms with Crippen LogP contribution in [-0.2, 0) is 12.4 Å². The maximum absolute atomic E-state index is 12.7. The molecule has 2 aromatic heterocycles. The molecule has 0 aliphatic rings. The number of benzene rings is 1. The molecule has 1 amide bonds. The molecule has 0 saturated heterocycles. The Hall–Kier alpha value is -3.25. The van der Waals surface area contributed by atoms with Gasteiger partial charge in [-0.25, -0.2) is 0 Å². The number of fused-ring (bicyclic) bond motifs is 1. The van der Waals surface area contributed by atoms with Crippen LogP contribution >= 0.6 is 0 Å². The van der Waals surface area contributed by atoms with Gasteiger partial charge in [-0.05, 0) is 25.1 Å². The molecule has 0 spiro atoms. The highest BCUT2D eigenvalue weighted by Crippen LogP contribution is 2.31. The van der Waals surface area contributed by atoms with Gasteiger partial charge < -0.3 is 5.32 Å². The molecule has 3 aromatic rings. The molecule has 2 heterocycles. The summed E-state index contributed by atoms with van der Waals surface area (Å²) < 4.78 is 76.9.